The van der Waals surface area contributed by atoms with Crippen molar-refractivity contribution in [3.05, 3.63) is 65.1 Å². The molecule has 32 heavy (non-hydrogen) atoms. The molecular formula is C25H28FN3O3. The summed E-state index contributed by atoms with van der Waals surface area (Å²) < 4.78 is 20.9. The number of benzene rings is 2. The van der Waals surface area contributed by atoms with Gasteiger partial charge in [-0.05, 0) is 54.8 Å². The number of nitrogens with zero attached hydrogens (tertiary/aromatic N) is 2. The van der Waals surface area contributed by atoms with Gasteiger partial charge in [-0.2, -0.15) is 0 Å². The first-order valence-electron chi connectivity index (χ1n) is 11.0. The molecule has 1 atom stereocenters. The highest BCUT2D eigenvalue weighted by Gasteiger charge is 2.45. The second-order valence-electron chi connectivity index (χ2n) is 8.90. The van der Waals surface area contributed by atoms with Gasteiger partial charge in [0.05, 0.1) is 25.3 Å². The third-order valence-corrected chi connectivity index (χ3v) is 7.28. The summed E-state index contributed by atoms with van der Waals surface area (Å²) in [5, 5.41) is 14.8. The molecule has 0 saturated carbocycles. The standard InChI is InChI=1S/C25H28FN3O3/c1-28-21-13-18(32-2)7-8-19(21)22-23(28)20(14-30)27-15-25(22)9-11-29(12-10-25)24(31)16-3-5-17(26)6-4-16/h3-8,13,20,27,30H,9-12,14-15H2,1-2H3/t20-/m0/s1. The molecule has 1 amide bonds. The minimum absolute atomic E-state index is 0.0273. The van der Waals surface area contributed by atoms with Crippen LogP contribution in [0.4, 0.5) is 4.39 Å². The number of rotatable bonds is 3. The van der Waals surface area contributed by atoms with Crippen LogP contribution in [-0.4, -0.2) is 53.8 Å². The minimum Gasteiger partial charge on any atom is -0.497 e. The van der Waals surface area contributed by atoms with Crippen LogP contribution in [0.3, 0.4) is 0 Å². The van der Waals surface area contributed by atoms with Crippen molar-refractivity contribution >= 4 is 16.8 Å². The number of likely N-dealkylation sites (tertiary alicyclic amines) is 1. The maximum absolute atomic E-state index is 13.3. The lowest BCUT2D eigenvalue weighted by Gasteiger charge is -2.46. The zero-order valence-corrected chi connectivity index (χ0v) is 18.4. The first-order valence-corrected chi connectivity index (χ1v) is 11.0. The van der Waals surface area contributed by atoms with Crippen LogP contribution in [0.25, 0.3) is 10.9 Å². The van der Waals surface area contributed by atoms with E-state index in [2.05, 4.69) is 16.0 Å². The Hall–Kier alpha value is -2.90. The second-order valence-corrected chi connectivity index (χ2v) is 8.90. The van der Waals surface area contributed by atoms with Crippen molar-refractivity contribution < 1.29 is 19.0 Å². The predicted octanol–water partition coefficient (Wildman–Crippen LogP) is 3.14. The number of ether oxygens (including phenoxy) is 1. The molecule has 1 saturated heterocycles. The molecule has 168 valence electrons. The van der Waals surface area contributed by atoms with Gasteiger partial charge in [0.1, 0.15) is 11.6 Å². The summed E-state index contributed by atoms with van der Waals surface area (Å²) in [6.45, 7) is 2.05. The average Bonchev–Trinajstić information content (AvgIpc) is 3.13. The van der Waals surface area contributed by atoms with E-state index in [1.807, 2.05) is 24.1 Å². The van der Waals surface area contributed by atoms with E-state index in [1.165, 1.54) is 23.1 Å². The highest BCUT2D eigenvalue weighted by Crippen LogP contribution is 2.47. The molecule has 2 aliphatic rings. The maximum Gasteiger partial charge on any atom is 0.253 e. The molecule has 2 aliphatic heterocycles. The van der Waals surface area contributed by atoms with E-state index in [0.717, 1.165) is 36.3 Å². The SMILES string of the molecule is COc1ccc2c3c(n(C)c2c1)[C@H](CO)NCC31CCN(C(=O)c2ccc(F)cc2)CC1. The normalized spacial score (nSPS) is 19.9. The number of carbonyl (C=O) groups excluding carboxylic acids is 1. The zero-order chi connectivity index (χ0) is 22.5. The van der Waals surface area contributed by atoms with Gasteiger partial charge in [0.2, 0.25) is 0 Å². The summed E-state index contributed by atoms with van der Waals surface area (Å²) in [5.74, 6) is 0.406. The number of nitrogens with one attached hydrogen (secondary N) is 1. The fourth-order valence-electron chi connectivity index (χ4n) is 5.52. The van der Waals surface area contributed by atoms with Crippen LogP contribution in [-0.2, 0) is 12.5 Å². The Morgan fingerprint density at radius 2 is 1.94 bits per heavy atom. The van der Waals surface area contributed by atoms with Crippen LogP contribution < -0.4 is 10.1 Å². The summed E-state index contributed by atoms with van der Waals surface area (Å²) in [4.78, 5) is 14.8. The first kappa shape index (κ1) is 21.0. The van der Waals surface area contributed by atoms with Crippen LogP contribution in [0, 0.1) is 5.82 Å². The van der Waals surface area contributed by atoms with Gasteiger partial charge in [-0.1, -0.05) is 0 Å². The molecule has 5 rings (SSSR count). The van der Waals surface area contributed by atoms with Gasteiger partial charge in [0, 0.05) is 54.8 Å². The summed E-state index contributed by atoms with van der Waals surface area (Å²) in [6, 6.07) is 11.8. The van der Waals surface area contributed by atoms with Crippen molar-refractivity contribution in [3.63, 3.8) is 0 Å². The fraction of sp³-hybridized carbons (Fsp3) is 0.400. The highest BCUT2D eigenvalue weighted by molar-refractivity contribution is 5.94. The van der Waals surface area contributed by atoms with E-state index < -0.39 is 0 Å². The molecule has 0 radical (unpaired) electrons. The Morgan fingerprint density at radius 1 is 1.22 bits per heavy atom. The van der Waals surface area contributed by atoms with Crippen LogP contribution in [0.1, 0.15) is 40.5 Å². The van der Waals surface area contributed by atoms with Crippen LogP contribution in [0.2, 0.25) is 0 Å². The Bertz CT molecular complexity index is 1160. The van der Waals surface area contributed by atoms with Gasteiger partial charge in [0.25, 0.3) is 5.91 Å². The lowest BCUT2D eigenvalue weighted by atomic mass is 9.69. The molecule has 1 aromatic heterocycles. The van der Waals surface area contributed by atoms with E-state index in [-0.39, 0.29) is 29.8 Å². The Morgan fingerprint density at radius 3 is 2.59 bits per heavy atom. The minimum atomic E-state index is -0.342. The van der Waals surface area contributed by atoms with Crippen molar-refractivity contribution in [2.45, 2.75) is 24.3 Å². The Balaban J connectivity index is 1.50. The molecule has 0 aliphatic carbocycles. The van der Waals surface area contributed by atoms with Crippen molar-refractivity contribution in [1.29, 1.82) is 0 Å². The van der Waals surface area contributed by atoms with Crippen molar-refractivity contribution in [2.24, 2.45) is 7.05 Å². The molecule has 1 fully saturated rings. The molecule has 3 aromatic rings. The lowest BCUT2D eigenvalue weighted by Crippen LogP contribution is -2.53. The number of amides is 1. The summed E-state index contributed by atoms with van der Waals surface area (Å²) in [6.07, 6.45) is 1.65. The van der Waals surface area contributed by atoms with E-state index in [1.54, 1.807) is 19.2 Å². The van der Waals surface area contributed by atoms with E-state index in [4.69, 9.17) is 4.74 Å². The molecule has 2 aromatic carbocycles. The zero-order valence-electron chi connectivity index (χ0n) is 18.4. The van der Waals surface area contributed by atoms with E-state index in [9.17, 15) is 14.3 Å². The maximum atomic E-state index is 13.3. The topological polar surface area (TPSA) is 66.7 Å². The molecule has 7 heteroatoms. The van der Waals surface area contributed by atoms with Crippen molar-refractivity contribution in [3.8, 4) is 5.75 Å². The van der Waals surface area contributed by atoms with Gasteiger partial charge in [-0.25, -0.2) is 4.39 Å². The lowest BCUT2D eigenvalue weighted by molar-refractivity contribution is 0.0651. The number of methoxy groups -OCH3 is 1. The first-order chi connectivity index (χ1) is 15.5. The van der Waals surface area contributed by atoms with E-state index >= 15 is 0 Å². The number of hydrogen-bond donors (Lipinski definition) is 2. The van der Waals surface area contributed by atoms with Crippen molar-refractivity contribution in [2.75, 3.05) is 33.4 Å². The molecule has 1 spiro atoms. The second kappa shape index (κ2) is 7.90. The number of aliphatic hydroxyl groups is 1. The smallest absolute Gasteiger partial charge is 0.253 e. The summed E-state index contributed by atoms with van der Waals surface area (Å²) in [7, 11) is 3.70. The quantitative estimate of drug-likeness (QED) is 0.661. The predicted molar refractivity (Wildman–Crippen MR) is 121 cm³/mol. The third-order valence-electron chi connectivity index (χ3n) is 7.28. The summed E-state index contributed by atoms with van der Waals surface area (Å²) in [5.41, 5.74) is 3.88. The Labute approximate surface area is 186 Å². The largest absolute Gasteiger partial charge is 0.497 e. The van der Waals surface area contributed by atoms with Gasteiger partial charge in [-0.15, -0.1) is 0 Å². The van der Waals surface area contributed by atoms with Gasteiger partial charge >= 0.3 is 0 Å². The number of hydrogen-bond acceptors (Lipinski definition) is 4. The monoisotopic (exact) mass is 437 g/mol. The number of halogens is 1. The average molecular weight is 438 g/mol. The van der Waals surface area contributed by atoms with Crippen LogP contribution in [0.5, 0.6) is 5.75 Å². The molecule has 0 bridgehead atoms. The molecule has 3 heterocycles. The van der Waals surface area contributed by atoms with Crippen LogP contribution in [0.15, 0.2) is 42.5 Å². The number of aromatic nitrogens is 1. The summed E-state index contributed by atoms with van der Waals surface area (Å²) >= 11 is 0. The highest BCUT2D eigenvalue weighted by atomic mass is 19.1. The Kier molecular flexibility index (Phi) is 5.18. The molecule has 6 nitrogen and oxygen atoms in total. The number of aryl methyl sites for hydroxylation is 1. The molecular weight excluding hydrogens is 409 g/mol. The van der Waals surface area contributed by atoms with Gasteiger partial charge < -0.3 is 24.6 Å². The number of fused-ring (bicyclic) bond motifs is 4. The van der Waals surface area contributed by atoms with Crippen LogP contribution >= 0.6 is 0 Å². The van der Waals surface area contributed by atoms with Gasteiger partial charge in [-0.3, -0.25) is 4.79 Å². The molecule has 2 N–H and O–H groups in total. The molecule has 0 unspecified atom stereocenters. The fourth-order valence-corrected chi connectivity index (χ4v) is 5.52. The van der Waals surface area contributed by atoms with Crippen molar-refractivity contribution in [1.82, 2.24) is 14.8 Å². The van der Waals surface area contributed by atoms with E-state index in [0.29, 0.717) is 18.7 Å². The number of piperidine rings is 1. The number of aliphatic hydroxyl groups excluding tert-OH is 1. The number of carbonyl (C=O) groups is 1. The van der Waals surface area contributed by atoms with Gasteiger partial charge in [0.15, 0.2) is 0 Å². The third kappa shape index (κ3) is 3.19.